The topological polar surface area (TPSA) is 127 Å². The third kappa shape index (κ3) is 4.75. The Hall–Kier alpha value is -2.60. The molecule has 0 spiro atoms. The summed E-state index contributed by atoms with van der Waals surface area (Å²) in [5.41, 5.74) is 0.118. The van der Waals surface area contributed by atoms with Crippen molar-refractivity contribution >= 4 is 54.9 Å². The normalized spacial score (nSPS) is 11.7. The van der Waals surface area contributed by atoms with E-state index in [0.29, 0.717) is 0 Å². The first-order chi connectivity index (χ1) is 14.1. The largest absolute Gasteiger partial charge is 0.495 e. The lowest BCUT2D eigenvalue weighted by molar-refractivity contribution is 0.414. The van der Waals surface area contributed by atoms with E-state index in [0.717, 1.165) is 0 Å². The van der Waals surface area contributed by atoms with E-state index >= 15 is 0 Å². The average Bonchev–Trinajstić information content (AvgIpc) is 2.70. The van der Waals surface area contributed by atoms with Gasteiger partial charge in [0.05, 0.1) is 17.0 Å². The lowest BCUT2D eigenvalue weighted by atomic mass is 10.3. The van der Waals surface area contributed by atoms with Gasteiger partial charge in [-0.1, -0.05) is 23.2 Å². The van der Waals surface area contributed by atoms with E-state index < -0.39 is 20.0 Å². The number of rotatable bonds is 7. The van der Waals surface area contributed by atoms with Crippen molar-refractivity contribution in [2.45, 2.75) is 9.79 Å². The molecular formula is C17H14Cl2N4O5S2. The molecule has 0 unspecified atom stereocenters. The summed E-state index contributed by atoms with van der Waals surface area (Å²) in [6.07, 6.45) is 2.78. The molecule has 3 aromatic rings. The Morgan fingerprint density at radius 3 is 2.07 bits per heavy atom. The molecule has 0 aliphatic carbocycles. The number of halogens is 2. The molecule has 0 bridgehead atoms. The van der Waals surface area contributed by atoms with Gasteiger partial charge in [-0.05, 0) is 42.5 Å². The predicted octanol–water partition coefficient (Wildman–Crippen LogP) is 3.39. The first-order valence-electron chi connectivity index (χ1n) is 8.09. The van der Waals surface area contributed by atoms with Gasteiger partial charge >= 0.3 is 0 Å². The lowest BCUT2D eigenvalue weighted by Crippen LogP contribution is -2.16. The highest BCUT2D eigenvalue weighted by atomic mass is 35.5. The number of hydrogen-bond acceptors (Lipinski definition) is 7. The second-order valence-electron chi connectivity index (χ2n) is 5.70. The van der Waals surface area contributed by atoms with Gasteiger partial charge in [-0.25, -0.2) is 31.5 Å². The number of nitrogens with one attached hydrogen (secondary N) is 2. The molecule has 13 heteroatoms. The minimum absolute atomic E-state index is 0.0438. The van der Waals surface area contributed by atoms with Crippen LogP contribution in [0, 0.1) is 0 Å². The van der Waals surface area contributed by atoms with E-state index in [9.17, 15) is 16.8 Å². The number of ether oxygens (including phenoxy) is 1. The van der Waals surface area contributed by atoms with Crippen LogP contribution in [-0.4, -0.2) is 33.9 Å². The lowest BCUT2D eigenvalue weighted by Gasteiger charge is -2.12. The van der Waals surface area contributed by atoms with Gasteiger partial charge in [0, 0.05) is 18.1 Å². The highest BCUT2D eigenvalue weighted by Gasteiger charge is 2.22. The summed E-state index contributed by atoms with van der Waals surface area (Å²) in [6, 6.07) is 9.19. The SMILES string of the molecule is COc1ccc(S(=O)(=O)Nc2ccc(S(=O)(=O)Nc3ncccn3)cc2)c(Cl)c1Cl. The van der Waals surface area contributed by atoms with Crippen LogP contribution in [0.25, 0.3) is 0 Å². The van der Waals surface area contributed by atoms with Crippen LogP contribution in [-0.2, 0) is 20.0 Å². The number of benzene rings is 2. The fourth-order valence-corrected chi connectivity index (χ4v) is 5.18. The molecule has 3 rings (SSSR count). The number of aromatic nitrogens is 2. The Bertz CT molecular complexity index is 1270. The maximum Gasteiger partial charge on any atom is 0.264 e. The zero-order chi connectivity index (χ0) is 21.9. The summed E-state index contributed by atoms with van der Waals surface area (Å²) in [5, 5.41) is -0.243. The fraction of sp³-hybridized carbons (Fsp3) is 0.0588. The summed E-state index contributed by atoms with van der Waals surface area (Å²) >= 11 is 12.1. The van der Waals surface area contributed by atoms with Crippen molar-refractivity contribution in [3.8, 4) is 5.75 Å². The Morgan fingerprint density at radius 2 is 1.47 bits per heavy atom. The highest BCUT2D eigenvalue weighted by molar-refractivity contribution is 7.93. The minimum atomic E-state index is -4.10. The van der Waals surface area contributed by atoms with Crippen LogP contribution in [0.3, 0.4) is 0 Å². The van der Waals surface area contributed by atoms with Crippen LogP contribution < -0.4 is 14.2 Å². The molecule has 0 radical (unpaired) electrons. The molecule has 0 fully saturated rings. The minimum Gasteiger partial charge on any atom is -0.495 e. The van der Waals surface area contributed by atoms with Gasteiger partial charge in [0.25, 0.3) is 20.0 Å². The Balaban J connectivity index is 1.82. The summed E-state index contributed by atoms with van der Waals surface area (Å²) in [7, 11) is -6.67. The second kappa shape index (κ2) is 8.64. The number of anilines is 2. The molecule has 1 heterocycles. The summed E-state index contributed by atoms with van der Waals surface area (Å²) < 4.78 is 59.6. The number of hydrogen-bond donors (Lipinski definition) is 2. The molecule has 0 aliphatic rings. The average molecular weight is 489 g/mol. The van der Waals surface area contributed by atoms with Gasteiger partial charge in [-0.3, -0.25) is 4.72 Å². The van der Waals surface area contributed by atoms with Crippen molar-refractivity contribution in [2.24, 2.45) is 0 Å². The van der Waals surface area contributed by atoms with E-state index in [2.05, 4.69) is 19.4 Å². The van der Waals surface area contributed by atoms with Gasteiger partial charge < -0.3 is 4.74 Å². The summed E-state index contributed by atoms with van der Waals surface area (Å²) in [4.78, 5) is 7.22. The van der Waals surface area contributed by atoms with Crippen LogP contribution in [0.5, 0.6) is 5.75 Å². The Morgan fingerprint density at radius 1 is 0.833 bits per heavy atom. The standard InChI is InChI=1S/C17H14Cl2N4O5S2/c1-28-13-7-8-14(16(19)15(13)18)30(26,27)22-11-3-5-12(6-4-11)29(24,25)23-17-20-9-2-10-21-17/h2-10,22H,1H3,(H,20,21,23). The molecular weight excluding hydrogens is 475 g/mol. The Kier molecular flexibility index (Phi) is 6.36. The molecule has 2 aromatic carbocycles. The van der Waals surface area contributed by atoms with E-state index in [1.165, 1.54) is 55.9 Å². The second-order valence-corrected chi connectivity index (χ2v) is 9.79. The third-order valence-corrected chi connectivity index (χ3v) is 7.47. The van der Waals surface area contributed by atoms with Gasteiger partial charge in [-0.15, -0.1) is 0 Å². The molecule has 0 saturated heterocycles. The van der Waals surface area contributed by atoms with Crippen molar-refractivity contribution in [3.05, 3.63) is 64.9 Å². The van der Waals surface area contributed by atoms with Crippen LogP contribution >= 0.6 is 23.2 Å². The molecule has 0 amide bonds. The van der Waals surface area contributed by atoms with Crippen molar-refractivity contribution in [1.82, 2.24) is 9.97 Å². The molecule has 0 aliphatic heterocycles. The van der Waals surface area contributed by atoms with Crippen molar-refractivity contribution in [1.29, 1.82) is 0 Å². The number of nitrogens with zero attached hydrogens (tertiary/aromatic N) is 2. The van der Waals surface area contributed by atoms with E-state index in [4.69, 9.17) is 27.9 Å². The van der Waals surface area contributed by atoms with Crippen molar-refractivity contribution < 1.29 is 21.6 Å². The maximum absolute atomic E-state index is 12.7. The molecule has 158 valence electrons. The van der Waals surface area contributed by atoms with Crippen LogP contribution in [0.15, 0.2) is 64.6 Å². The Labute approximate surface area is 183 Å². The summed E-state index contributed by atoms with van der Waals surface area (Å²) in [6.45, 7) is 0. The maximum atomic E-state index is 12.7. The van der Waals surface area contributed by atoms with Crippen LogP contribution in [0.4, 0.5) is 11.6 Å². The zero-order valence-corrected chi connectivity index (χ0v) is 18.3. The molecule has 0 saturated carbocycles. The summed E-state index contributed by atoms with van der Waals surface area (Å²) in [5.74, 6) is 0.137. The monoisotopic (exact) mass is 488 g/mol. The van der Waals surface area contributed by atoms with Gasteiger partial charge in [0.1, 0.15) is 15.7 Å². The van der Waals surface area contributed by atoms with Gasteiger partial charge in [-0.2, -0.15) is 0 Å². The predicted molar refractivity (Wildman–Crippen MR) is 113 cm³/mol. The van der Waals surface area contributed by atoms with Gasteiger partial charge in [0.2, 0.25) is 5.95 Å². The highest BCUT2D eigenvalue weighted by Crippen LogP contribution is 2.37. The van der Waals surface area contributed by atoms with Crippen molar-refractivity contribution in [3.63, 3.8) is 0 Å². The molecule has 1 aromatic heterocycles. The van der Waals surface area contributed by atoms with E-state index in [1.54, 1.807) is 6.07 Å². The third-order valence-electron chi connectivity index (χ3n) is 3.73. The van der Waals surface area contributed by atoms with Crippen LogP contribution in [0.1, 0.15) is 0 Å². The van der Waals surface area contributed by atoms with E-state index in [1.807, 2.05) is 0 Å². The van der Waals surface area contributed by atoms with Crippen molar-refractivity contribution in [2.75, 3.05) is 16.6 Å². The molecule has 30 heavy (non-hydrogen) atoms. The zero-order valence-electron chi connectivity index (χ0n) is 15.2. The number of methoxy groups -OCH3 is 1. The molecule has 9 nitrogen and oxygen atoms in total. The first-order valence-corrected chi connectivity index (χ1v) is 11.8. The molecule has 0 atom stereocenters. The fourth-order valence-electron chi connectivity index (χ4n) is 2.32. The number of sulfonamides is 2. The van der Waals surface area contributed by atoms with E-state index in [-0.39, 0.29) is 37.2 Å². The smallest absolute Gasteiger partial charge is 0.264 e. The quantitative estimate of drug-likeness (QED) is 0.521. The first kappa shape index (κ1) is 22.1. The molecule has 2 N–H and O–H groups in total. The van der Waals surface area contributed by atoms with Crippen LogP contribution in [0.2, 0.25) is 10.0 Å². The van der Waals surface area contributed by atoms with Gasteiger partial charge in [0.15, 0.2) is 0 Å².